The van der Waals surface area contributed by atoms with Crippen molar-refractivity contribution >= 4 is 17.4 Å². The Morgan fingerprint density at radius 3 is 2.57 bits per heavy atom. The van der Waals surface area contributed by atoms with E-state index < -0.39 is 29.0 Å². The molecular weight excluding hydrogens is 531 g/mol. The first-order valence-corrected chi connectivity index (χ1v) is 15.6. The molecule has 5 aliphatic rings. The summed E-state index contributed by atoms with van der Waals surface area (Å²) in [5.74, 6) is 5.81. The molecule has 6 nitrogen and oxygen atoms in total. The third-order valence-electron chi connectivity index (χ3n) is 11.2. The predicted molar refractivity (Wildman–Crippen MR) is 161 cm³/mol. The molecule has 42 heavy (non-hydrogen) atoms. The fourth-order valence-corrected chi connectivity index (χ4v) is 9.29. The number of benzene rings is 1. The van der Waals surface area contributed by atoms with Gasteiger partial charge in [0.1, 0.15) is 12.2 Å². The highest BCUT2D eigenvalue weighted by molar-refractivity contribution is 5.91. The Morgan fingerprint density at radius 1 is 1.17 bits per heavy atom. The van der Waals surface area contributed by atoms with Gasteiger partial charge in [-0.05, 0) is 104 Å². The highest BCUT2D eigenvalue weighted by Crippen LogP contribution is 2.70. The van der Waals surface area contributed by atoms with Crippen LogP contribution >= 0.6 is 0 Å². The molecule has 4 aliphatic carbocycles. The molecule has 0 amide bonds. The number of hydrogen-bond acceptors (Lipinski definition) is 6. The standard InChI is InChI=1S/C35H41FN2O4/c1-4-14-35(32(40)21-42-22(2)39)15-13-30-28-19-31(36)27-18-24(37-41)9-12-26(27)33(28)29(20-34(30,35)3)23-7-10-25(11-8-23)38-16-5-6-17-38/h7-8,10-11,18,24,28-31H,5-6,9,12-13,15-17,19-21H2,1-3H3/t24?,28-,29?,30-,31?,34-,35+/m0/s1. The lowest BCUT2D eigenvalue weighted by Crippen LogP contribution is -2.52. The third-order valence-corrected chi connectivity index (χ3v) is 11.2. The number of alkyl halides is 1. The molecule has 0 bridgehead atoms. The summed E-state index contributed by atoms with van der Waals surface area (Å²) in [7, 11) is 0. The van der Waals surface area contributed by atoms with Crippen LogP contribution in [0.3, 0.4) is 0 Å². The van der Waals surface area contributed by atoms with Crippen molar-refractivity contribution < 1.29 is 18.7 Å². The van der Waals surface area contributed by atoms with E-state index in [4.69, 9.17) is 4.74 Å². The van der Waals surface area contributed by atoms with Gasteiger partial charge >= 0.3 is 5.97 Å². The maximum Gasteiger partial charge on any atom is 0.303 e. The fourth-order valence-electron chi connectivity index (χ4n) is 9.29. The summed E-state index contributed by atoms with van der Waals surface area (Å²) >= 11 is 0. The molecule has 2 saturated carbocycles. The molecule has 7 atom stereocenters. The molecule has 6 rings (SSSR count). The fraction of sp³-hybridized carbons (Fsp3) is 0.600. The molecule has 1 heterocycles. The van der Waals surface area contributed by atoms with Crippen molar-refractivity contribution in [1.82, 2.24) is 0 Å². The van der Waals surface area contributed by atoms with Crippen molar-refractivity contribution in [3.8, 4) is 11.8 Å². The van der Waals surface area contributed by atoms with Gasteiger partial charge in [-0.3, -0.25) is 9.59 Å². The summed E-state index contributed by atoms with van der Waals surface area (Å²) in [6.07, 6.45) is 6.65. The number of nitroso groups, excluding NO2 is 1. The number of halogens is 1. The van der Waals surface area contributed by atoms with E-state index in [0.29, 0.717) is 37.7 Å². The Morgan fingerprint density at radius 2 is 1.90 bits per heavy atom. The van der Waals surface area contributed by atoms with Gasteiger partial charge in [-0.25, -0.2) is 4.39 Å². The van der Waals surface area contributed by atoms with Crippen LogP contribution in [0.25, 0.3) is 0 Å². The molecule has 1 aromatic rings. The Kier molecular flexibility index (Phi) is 7.62. The van der Waals surface area contributed by atoms with Crippen molar-refractivity contribution in [2.45, 2.75) is 90.3 Å². The largest absolute Gasteiger partial charge is 0.458 e. The summed E-state index contributed by atoms with van der Waals surface area (Å²) < 4.78 is 21.3. The van der Waals surface area contributed by atoms with E-state index in [1.807, 2.05) is 0 Å². The normalized spacial score (nSPS) is 35.3. The van der Waals surface area contributed by atoms with Gasteiger partial charge in [0.05, 0.1) is 5.41 Å². The number of allylic oxidation sites excluding steroid dienone is 3. The van der Waals surface area contributed by atoms with E-state index in [9.17, 15) is 14.5 Å². The Labute approximate surface area is 248 Å². The number of Topliss-reactive ketones (excluding diaryl/α,β-unsaturated/α-hetero) is 1. The summed E-state index contributed by atoms with van der Waals surface area (Å²) in [6.45, 7) is 7.10. The van der Waals surface area contributed by atoms with Gasteiger partial charge in [0.2, 0.25) is 0 Å². The number of carbonyl (C=O) groups excluding carboxylic acids is 2. The highest BCUT2D eigenvalue weighted by Gasteiger charge is 2.66. The molecule has 0 N–H and O–H groups in total. The van der Waals surface area contributed by atoms with Gasteiger partial charge in [0.25, 0.3) is 0 Å². The zero-order valence-electron chi connectivity index (χ0n) is 25.0. The van der Waals surface area contributed by atoms with Crippen molar-refractivity contribution in [2.75, 3.05) is 24.6 Å². The number of esters is 1. The second-order valence-electron chi connectivity index (χ2n) is 13.2. The lowest BCUT2D eigenvalue weighted by atomic mass is 9.48. The van der Waals surface area contributed by atoms with E-state index in [-0.39, 0.29) is 30.1 Å². The minimum Gasteiger partial charge on any atom is -0.458 e. The van der Waals surface area contributed by atoms with Gasteiger partial charge in [0.15, 0.2) is 12.4 Å². The predicted octanol–water partition coefficient (Wildman–Crippen LogP) is 6.84. The first kappa shape index (κ1) is 28.8. The Balaban J connectivity index is 1.48. The van der Waals surface area contributed by atoms with E-state index in [1.54, 1.807) is 13.0 Å². The lowest BCUT2D eigenvalue weighted by molar-refractivity contribution is -0.150. The van der Waals surface area contributed by atoms with Gasteiger partial charge < -0.3 is 9.64 Å². The average molecular weight is 573 g/mol. The smallest absolute Gasteiger partial charge is 0.303 e. The summed E-state index contributed by atoms with van der Waals surface area (Å²) in [5, 5.41) is 3.25. The third kappa shape index (κ3) is 4.53. The van der Waals surface area contributed by atoms with Crippen LogP contribution in [0.15, 0.2) is 52.2 Å². The van der Waals surface area contributed by atoms with Crippen LogP contribution in [-0.2, 0) is 14.3 Å². The number of rotatable bonds is 6. The van der Waals surface area contributed by atoms with Crippen LogP contribution in [-0.4, -0.2) is 43.7 Å². The van der Waals surface area contributed by atoms with Crippen LogP contribution in [0, 0.1) is 39.4 Å². The zero-order chi connectivity index (χ0) is 29.6. The first-order valence-electron chi connectivity index (χ1n) is 15.6. The summed E-state index contributed by atoms with van der Waals surface area (Å²) in [6, 6.07) is 8.38. The summed E-state index contributed by atoms with van der Waals surface area (Å²) in [5.41, 5.74) is 3.93. The van der Waals surface area contributed by atoms with E-state index in [1.165, 1.54) is 36.6 Å². The second kappa shape index (κ2) is 11.1. The molecule has 1 aromatic carbocycles. The topological polar surface area (TPSA) is 76.0 Å². The second-order valence-corrected chi connectivity index (χ2v) is 13.2. The highest BCUT2D eigenvalue weighted by atomic mass is 19.1. The monoisotopic (exact) mass is 572 g/mol. The van der Waals surface area contributed by atoms with Gasteiger partial charge in [-0.2, -0.15) is 4.91 Å². The quantitative estimate of drug-likeness (QED) is 0.212. The maximum absolute atomic E-state index is 16.0. The van der Waals surface area contributed by atoms with Crippen LogP contribution in [0.4, 0.5) is 10.1 Å². The van der Waals surface area contributed by atoms with Crippen molar-refractivity contribution in [3.05, 3.63) is 57.5 Å². The van der Waals surface area contributed by atoms with Crippen LogP contribution in [0.5, 0.6) is 0 Å². The summed E-state index contributed by atoms with van der Waals surface area (Å²) in [4.78, 5) is 39.5. The minimum absolute atomic E-state index is 0.00632. The number of ketones is 1. The van der Waals surface area contributed by atoms with Gasteiger partial charge in [-0.15, -0.1) is 5.92 Å². The lowest BCUT2D eigenvalue weighted by Gasteiger charge is -2.55. The molecule has 222 valence electrons. The molecule has 0 aromatic heterocycles. The molecule has 1 saturated heterocycles. The number of carbonyl (C=O) groups is 2. The van der Waals surface area contributed by atoms with Crippen LogP contribution < -0.4 is 4.90 Å². The maximum atomic E-state index is 16.0. The van der Waals surface area contributed by atoms with Crippen molar-refractivity contribution in [2.24, 2.45) is 27.8 Å². The van der Waals surface area contributed by atoms with Crippen molar-refractivity contribution in [3.63, 3.8) is 0 Å². The molecular formula is C35H41FN2O4. The van der Waals surface area contributed by atoms with Crippen molar-refractivity contribution in [1.29, 1.82) is 0 Å². The Hall–Kier alpha value is -3.27. The molecule has 0 spiro atoms. The zero-order valence-corrected chi connectivity index (χ0v) is 25.0. The van der Waals surface area contributed by atoms with E-state index >= 15 is 4.39 Å². The average Bonchev–Trinajstić information content (AvgIpc) is 3.63. The molecule has 3 fully saturated rings. The minimum atomic E-state index is -1.16. The number of ether oxygens (including phenoxy) is 1. The van der Waals surface area contributed by atoms with Crippen LogP contribution in [0.2, 0.25) is 0 Å². The van der Waals surface area contributed by atoms with E-state index in [0.717, 1.165) is 25.1 Å². The molecule has 7 heteroatoms. The van der Waals surface area contributed by atoms with Gasteiger partial charge in [0, 0.05) is 31.6 Å². The number of hydrogen-bond donors (Lipinski definition) is 0. The van der Waals surface area contributed by atoms with E-state index in [2.05, 4.69) is 53.1 Å². The number of nitrogens with zero attached hydrogens (tertiary/aromatic N) is 2. The van der Waals surface area contributed by atoms with Gasteiger partial charge in [-0.1, -0.05) is 41.8 Å². The SMILES string of the molecule is CC#C[C@]1(C(=O)COC(C)=O)CC[C@H]2[C@@H]3CC(F)C4=CC(N=O)CCC4=C3C(c3ccc(N4CCCC4)cc3)C[C@@]21C. The number of anilines is 1. The first-order chi connectivity index (χ1) is 20.2. The molecule has 1 aliphatic heterocycles. The van der Waals surface area contributed by atoms with Crippen LogP contribution in [0.1, 0.15) is 83.6 Å². The molecule has 3 unspecified atom stereocenters. The number of fused-ring (bicyclic) bond motifs is 4. The Bertz CT molecular complexity index is 1400. The molecule has 0 radical (unpaired) electrons.